The molecule has 1 aromatic rings. The highest BCUT2D eigenvalue weighted by Crippen LogP contribution is 2.37. The summed E-state index contributed by atoms with van der Waals surface area (Å²) in [5.41, 5.74) is 0.689. The highest BCUT2D eigenvalue weighted by atomic mass is 35.5. The average Bonchev–Trinajstić information content (AvgIpc) is 2.82. The van der Waals surface area contributed by atoms with Gasteiger partial charge in [0.05, 0.1) is 25.8 Å². The summed E-state index contributed by atoms with van der Waals surface area (Å²) in [6.07, 6.45) is 7.21. The third kappa shape index (κ3) is 5.67. The number of piperazine rings is 2. The van der Waals surface area contributed by atoms with E-state index in [-0.39, 0.29) is 11.8 Å². The Kier molecular flexibility index (Phi) is 8.34. The molecule has 1 saturated carbocycles. The molecule has 0 radical (unpaired) electrons. The second-order valence-electron chi connectivity index (χ2n) is 9.14. The van der Waals surface area contributed by atoms with Crippen molar-refractivity contribution in [3.05, 3.63) is 28.8 Å². The Labute approximate surface area is 207 Å². The van der Waals surface area contributed by atoms with Crippen molar-refractivity contribution in [3.63, 3.8) is 0 Å². The molecule has 1 aliphatic carbocycles. The first kappa shape index (κ1) is 24.8. The predicted octanol–water partition coefficient (Wildman–Crippen LogP) is 2.21. The molecule has 0 aromatic heterocycles. The maximum atomic E-state index is 12.8. The highest BCUT2D eigenvalue weighted by molar-refractivity contribution is 6.33. The normalized spacial score (nSPS) is 20.4. The number of hydrogen-bond acceptors (Lipinski definition) is 6. The molecule has 2 aliphatic heterocycles. The predicted molar refractivity (Wildman–Crippen MR) is 132 cm³/mol. The molecule has 8 nitrogen and oxygen atoms in total. The van der Waals surface area contributed by atoms with E-state index < -0.39 is 0 Å². The standard InChI is InChI=1S/C25H35ClN4O4/c1-33-21-8-6-19(24(26)25(21)34-2)7-9-22(31)29-12-10-27(11-13-29)18-23(32)30-16-14-28(15-17-30)20-4-3-5-20/h6-9,20H,3-5,10-18H2,1-2H3. The maximum Gasteiger partial charge on any atom is 0.246 e. The van der Waals surface area contributed by atoms with E-state index in [2.05, 4.69) is 9.80 Å². The summed E-state index contributed by atoms with van der Waals surface area (Å²) in [6, 6.07) is 4.31. The van der Waals surface area contributed by atoms with Crippen molar-refractivity contribution in [1.29, 1.82) is 0 Å². The molecule has 2 saturated heterocycles. The molecule has 0 spiro atoms. The van der Waals surface area contributed by atoms with Gasteiger partial charge in [-0.3, -0.25) is 19.4 Å². The van der Waals surface area contributed by atoms with Gasteiger partial charge in [-0.2, -0.15) is 0 Å². The van der Waals surface area contributed by atoms with Crippen LogP contribution in [0.25, 0.3) is 6.08 Å². The number of halogens is 1. The molecule has 0 unspecified atom stereocenters. The highest BCUT2D eigenvalue weighted by Gasteiger charge is 2.30. The van der Waals surface area contributed by atoms with Gasteiger partial charge in [-0.05, 0) is 36.6 Å². The fraction of sp³-hybridized carbons (Fsp3) is 0.600. The lowest BCUT2D eigenvalue weighted by Gasteiger charge is -2.43. The molecular formula is C25H35ClN4O4. The molecular weight excluding hydrogens is 456 g/mol. The van der Waals surface area contributed by atoms with E-state index in [1.165, 1.54) is 32.4 Å². The molecule has 3 fully saturated rings. The monoisotopic (exact) mass is 490 g/mol. The van der Waals surface area contributed by atoms with Crippen LogP contribution in [0, 0.1) is 0 Å². The largest absolute Gasteiger partial charge is 0.493 e. The van der Waals surface area contributed by atoms with Crippen molar-refractivity contribution in [2.24, 2.45) is 0 Å². The maximum absolute atomic E-state index is 12.8. The van der Waals surface area contributed by atoms with Crippen LogP contribution in [0.1, 0.15) is 24.8 Å². The van der Waals surface area contributed by atoms with E-state index in [0.29, 0.717) is 54.8 Å². The van der Waals surface area contributed by atoms with Crippen molar-refractivity contribution in [3.8, 4) is 11.5 Å². The van der Waals surface area contributed by atoms with E-state index in [1.807, 2.05) is 9.80 Å². The smallest absolute Gasteiger partial charge is 0.246 e. The molecule has 1 aromatic carbocycles. The van der Waals surface area contributed by atoms with Crippen LogP contribution in [-0.2, 0) is 9.59 Å². The number of carbonyl (C=O) groups excluding carboxylic acids is 2. The van der Waals surface area contributed by atoms with Crippen molar-refractivity contribution >= 4 is 29.5 Å². The quantitative estimate of drug-likeness (QED) is 0.546. The van der Waals surface area contributed by atoms with Gasteiger partial charge in [0.1, 0.15) is 0 Å². The fourth-order valence-electron chi connectivity index (χ4n) is 4.81. The summed E-state index contributed by atoms with van der Waals surface area (Å²) < 4.78 is 10.6. The van der Waals surface area contributed by atoms with Crippen LogP contribution in [-0.4, -0.2) is 111 Å². The molecule has 4 rings (SSSR count). The van der Waals surface area contributed by atoms with Gasteiger partial charge in [0.25, 0.3) is 0 Å². The first-order chi connectivity index (χ1) is 16.5. The summed E-state index contributed by atoms with van der Waals surface area (Å²) in [5.74, 6) is 1.13. The minimum absolute atomic E-state index is 0.0658. The third-order valence-corrected chi connectivity index (χ3v) is 7.61. The number of amides is 2. The minimum atomic E-state index is -0.0658. The third-order valence-electron chi connectivity index (χ3n) is 7.22. The van der Waals surface area contributed by atoms with E-state index >= 15 is 0 Å². The van der Waals surface area contributed by atoms with Crippen LogP contribution in [0.4, 0.5) is 0 Å². The number of nitrogens with zero attached hydrogens (tertiary/aromatic N) is 4. The topological polar surface area (TPSA) is 65.6 Å². The summed E-state index contributed by atoms with van der Waals surface area (Å²) in [7, 11) is 3.08. The Balaban J connectivity index is 1.22. The SMILES string of the molecule is COc1ccc(C=CC(=O)N2CCN(CC(=O)N3CCN(C4CCC4)CC3)CC2)c(Cl)c1OC. The van der Waals surface area contributed by atoms with Gasteiger partial charge in [0.15, 0.2) is 11.5 Å². The van der Waals surface area contributed by atoms with Gasteiger partial charge in [-0.15, -0.1) is 0 Å². The number of hydrogen-bond donors (Lipinski definition) is 0. The lowest BCUT2D eigenvalue weighted by molar-refractivity contribution is -0.135. The van der Waals surface area contributed by atoms with Gasteiger partial charge in [0.2, 0.25) is 11.8 Å². The van der Waals surface area contributed by atoms with Gasteiger partial charge in [-0.25, -0.2) is 0 Å². The van der Waals surface area contributed by atoms with Crippen LogP contribution in [0.2, 0.25) is 5.02 Å². The van der Waals surface area contributed by atoms with Gasteiger partial charge in [-0.1, -0.05) is 18.0 Å². The molecule has 34 heavy (non-hydrogen) atoms. The molecule has 9 heteroatoms. The Morgan fingerprint density at radius 2 is 1.65 bits per heavy atom. The molecule has 0 bridgehead atoms. The molecule has 186 valence electrons. The lowest BCUT2D eigenvalue weighted by Crippen LogP contribution is -2.56. The van der Waals surface area contributed by atoms with Gasteiger partial charge < -0.3 is 19.3 Å². The van der Waals surface area contributed by atoms with Gasteiger partial charge >= 0.3 is 0 Å². The number of benzene rings is 1. The number of carbonyl (C=O) groups is 2. The Morgan fingerprint density at radius 3 is 2.24 bits per heavy atom. The Morgan fingerprint density at radius 1 is 0.971 bits per heavy atom. The Hall–Kier alpha value is -2.29. The van der Waals surface area contributed by atoms with Crippen LogP contribution in [0.3, 0.4) is 0 Å². The number of rotatable bonds is 7. The molecule has 3 aliphatic rings. The summed E-state index contributed by atoms with van der Waals surface area (Å²) in [4.78, 5) is 34.0. The zero-order valence-corrected chi connectivity index (χ0v) is 20.9. The zero-order valence-electron chi connectivity index (χ0n) is 20.2. The number of methoxy groups -OCH3 is 2. The molecule has 0 atom stereocenters. The Bertz CT molecular complexity index is 904. The van der Waals surface area contributed by atoms with Crippen LogP contribution < -0.4 is 9.47 Å². The van der Waals surface area contributed by atoms with Crippen molar-refractivity contribution in [2.45, 2.75) is 25.3 Å². The minimum Gasteiger partial charge on any atom is -0.493 e. The van der Waals surface area contributed by atoms with Crippen molar-refractivity contribution < 1.29 is 19.1 Å². The average molecular weight is 491 g/mol. The summed E-state index contributed by atoms with van der Waals surface area (Å²) in [5, 5.41) is 0.405. The molecule has 2 heterocycles. The summed E-state index contributed by atoms with van der Waals surface area (Å²) in [6.45, 7) is 6.69. The second kappa shape index (κ2) is 11.4. The first-order valence-electron chi connectivity index (χ1n) is 12.1. The van der Waals surface area contributed by atoms with E-state index in [4.69, 9.17) is 21.1 Å². The zero-order chi connectivity index (χ0) is 24.1. The van der Waals surface area contributed by atoms with Crippen LogP contribution in [0.5, 0.6) is 11.5 Å². The van der Waals surface area contributed by atoms with E-state index in [1.54, 1.807) is 25.3 Å². The van der Waals surface area contributed by atoms with Crippen molar-refractivity contribution in [1.82, 2.24) is 19.6 Å². The molecule has 2 amide bonds. The second-order valence-corrected chi connectivity index (χ2v) is 9.52. The first-order valence-corrected chi connectivity index (χ1v) is 12.5. The molecule has 0 N–H and O–H groups in total. The lowest BCUT2D eigenvalue weighted by atomic mass is 9.91. The van der Waals surface area contributed by atoms with E-state index in [9.17, 15) is 9.59 Å². The van der Waals surface area contributed by atoms with Crippen LogP contribution >= 0.6 is 11.6 Å². The summed E-state index contributed by atoms with van der Waals surface area (Å²) >= 11 is 6.40. The fourth-order valence-corrected chi connectivity index (χ4v) is 5.10. The van der Waals surface area contributed by atoms with E-state index in [0.717, 1.165) is 32.2 Å². The number of ether oxygens (including phenoxy) is 2. The van der Waals surface area contributed by atoms with Crippen molar-refractivity contribution in [2.75, 3.05) is 73.1 Å². The van der Waals surface area contributed by atoms with Gasteiger partial charge in [0, 0.05) is 64.5 Å². The van der Waals surface area contributed by atoms with Crippen LogP contribution in [0.15, 0.2) is 18.2 Å².